The Balaban J connectivity index is 0.953. The third-order valence-corrected chi connectivity index (χ3v) is 13.2. The van der Waals surface area contributed by atoms with Crippen LogP contribution >= 0.6 is 11.8 Å². The summed E-state index contributed by atoms with van der Waals surface area (Å²) in [6.07, 6.45) is 6.66. The van der Waals surface area contributed by atoms with Gasteiger partial charge in [0.25, 0.3) is 0 Å². The minimum absolute atomic E-state index is 0.681. The minimum atomic E-state index is 0.681. The van der Waals surface area contributed by atoms with Crippen molar-refractivity contribution in [2.45, 2.75) is 47.8 Å². The van der Waals surface area contributed by atoms with Crippen LogP contribution in [0.15, 0.2) is 202 Å². The van der Waals surface area contributed by atoms with Gasteiger partial charge in [0.15, 0.2) is 0 Å². The van der Waals surface area contributed by atoms with E-state index in [2.05, 4.69) is 186 Å². The van der Waals surface area contributed by atoms with E-state index in [1.807, 2.05) is 23.9 Å². The molecule has 11 rings (SSSR count). The van der Waals surface area contributed by atoms with Crippen LogP contribution < -0.4 is 9.80 Å². The molecule has 3 nitrogen and oxygen atoms in total. The van der Waals surface area contributed by atoms with Gasteiger partial charge in [0.05, 0.1) is 11.4 Å². The first-order chi connectivity index (χ1) is 28.7. The zero-order valence-corrected chi connectivity index (χ0v) is 33.0. The van der Waals surface area contributed by atoms with Gasteiger partial charge < -0.3 is 14.2 Å². The number of hydrogen-bond donors (Lipinski definition) is 0. The molecule has 9 aromatic rings. The Bertz CT molecular complexity index is 2910. The van der Waals surface area contributed by atoms with E-state index in [1.54, 1.807) is 0 Å². The first kappa shape index (κ1) is 34.7. The summed E-state index contributed by atoms with van der Waals surface area (Å²) in [4.78, 5) is 7.22. The Morgan fingerprint density at radius 3 is 1.88 bits per heavy atom. The molecule has 0 unspecified atom stereocenters. The van der Waals surface area contributed by atoms with Gasteiger partial charge in [0.1, 0.15) is 11.2 Å². The number of para-hydroxylation sites is 3. The fourth-order valence-corrected chi connectivity index (χ4v) is 10.2. The minimum Gasteiger partial charge on any atom is -0.456 e. The lowest BCUT2D eigenvalue weighted by molar-refractivity contribution is 0.444. The predicted octanol–water partition coefficient (Wildman–Crippen LogP) is 16.4. The standard InChI is InChI=1S/C54H42N2OS/c1-3-12-37(13-4-1)40-14-11-15-41(34-40)38-22-27-44(28-23-38)55(46-31-32-48-47-18-7-9-20-51(47)57-52(48)36-46)45-29-24-39(25-30-45)42-26-33-50-54(35-42)58-53-21-10-8-19-49(53)56(50)43-16-5-2-6-17-43/h2,5-11,14-37H,1,3-4,12-13H2. The average molecular weight is 767 g/mol. The van der Waals surface area contributed by atoms with Crippen molar-refractivity contribution in [3.8, 4) is 22.3 Å². The fraction of sp³-hybridized carbons (Fsp3) is 0.111. The van der Waals surface area contributed by atoms with Crippen LogP contribution in [0.5, 0.6) is 0 Å². The lowest BCUT2D eigenvalue weighted by atomic mass is 9.83. The molecule has 280 valence electrons. The highest BCUT2D eigenvalue weighted by Crippen LogP contribution is 2.52. The first-order valence-electron chi connectivity index (χ1n) is 20.5. The molecule has 1 aliphatic carbocycles. The normalized spacial score (nSPS) is 14.0. The lowest BCUT2D eigenvalue weighted by Gasteiger charge is -2.33. The fourth-order valence-electron chi connectivity index (χ4n) is 9.11. The van der Waals surface area contributed by atoms with Crippen LogP contribution in [0.4, 0.5) is 34.1 Å². The molecular formula is C54H42N2OS. The van der Waals surface area contributed by atoms with Gasteiger partial charge in [-0.25, -0.2) is 0 Å². The molecule has 0 atom stereocenters. The third kappa shape index (κ3) is 6.34. The van der Waals surface area contributed by atoms with Gasteiger partial charge in [-0.05, 0) is 125 Å². The van der Waals surface area contributed by atoms with Crippen LogP contribution in [-0.4, -0.2) is 0 Å². The summed E-state index contributed by atoms with van der Waals surface area (Å²) in [6, 6.07) is 68.4. The lowest BCUT2D eigenvalue weighted by Crippen LogP contribution is -2.14. The van der Waals surface area contributed by atoms with E-state index < -0.39 is 0 Å². The molecule has 0 spiro atoms. The average Bonchev–Trinajstić information content (AvgIpc) is 3.67. The van der Waals surface area contributed by atoms with Gasteiger partial charge in [-0.3, -0.25) is 0 Å². The Morgan fingerprint density at radius 2 is 1.09 bits per heavy atom. The second-order valence-corrected chi connectivity index (χ2v) is 16.7. The highest BCUT2D eigenvalue weighted by molar-refractivity contribution is 7.99. The topological polar surface area (TPSA) is 19.6 Å². The smallest absolute Gasteiger partial charge is 0.137 e. The molecule has 0 bridgehead atoms. The molecular weight excluding hydrogens is 725 g/mol. The van der Waals surface area contributed by atoms with Crippen molar-refractivity contribution in [3.05, 3.63) is 194 Å². The largest absolute Gasteiger partial charge is 0.456 e. The number of hydrogen-bond acceptors (Lipinski definition) is 4. The molecule has 8 aromatic carbocycles. The molecule has 1 aromatic heterocycles. The van der Waals surface area contributed by atoms with Crippen LogP contribution in [0.3, 0.4) is 0 Å². The molecule has 0 radical (unpaired) electrons. The van der Waals surface area contributed by atoms with Crippen molar-refractivity contribution < 1.29 is 4.42 Å². The van der Waals surface area contributed by atoms with Gasteiger partial charge in [-0.15, -0.1) is 0 Å². The van der Waals surface area contributed by atoms with Gasteiger partial charge in [-0.2, -0.15) is 0 Å². The third-order valence-electron chi connectivity index (χ3n) is 12.0. The van der Waals surface area contributed by atoms with E-state index in [-0.39, 0.29) is 0 Å². The Labute approximate surface area is 344 Å². The summed E-state index contributed by atoms with van der Waals surface area (Å²) in [5, 5.41) is 2.26. The molecule has 1 aliphatic heterocycles. The number of fused-ring (bicyclic) bond motifs is 5. The van der Waals surface area contributed by atoms with Crippen LogP contribution in [0.25, 0.3) is 44.2 Å². The van der Waals surface area contributed by atoms with Crippen LogP contribution in [0.1, 0.15) is 43.6 Å². The Hall–Kier alpha value is -6.49. The van der Waals surface area contributed by atoms with Crippen molar-refractivity contribution >= 4 is 67.8 Å². The van der Waals surface area contributed by atoms with Gasteiger partial charge >= 0.3 is 0 Å². The Kier molecular flexibility index (Phi) is 8.85. The summed E-state index contributed by atoms with van der Waals surface area (Å²) in [7, 11) is 0. The maximum absolute atomic E-state index is 6.40. The summed E-state index contributed by atoms with van der Waals surface area (Å²) in [5.74, 6) is 0.681. The highest BCUT2D eigenvalue weighted by Gasteiger charge is 2.25. The van der Waals surface area contributed by atoms with Crippen molar-refractivity contribution in [3.63, 3.8) is 0 Å². The van der Waals surface area contributed by atoms with Gasteiger partial charge in [-0.1, -0.05) is 134 Å². The van der Waals surface area contributed by atoms with E-state index in [9.17, 15) is 0 Å². The maximum Gasteiger partial charge on any atom is 0.137 e. The predicted molar refractivity (Wildman–Crippen MR) is 244 cm³/mol. The number of nitrogens with zero attached hydrogens (tertiary/aromatic N) is 2. The molecule has 0 amide bonds. The van der Waals surface area contributed by atoms with E-state index in [0.717, 1.165) is 44.7 Å². The Morgan fingerprint density at radius 1 is 0.448 bits per heavy atom. The summed E-state index contributed by atoms with van der Waals surface area (Å²) in [6.45, 7) is 0. The van der Waals surface area contributed by atoms with E-state index >= 15 is 0 Å². The number of benzene rings is 8. The van der Waals surface area contributed by atoms with Crippen LogP contribution in [0, 0.1) is 0 Å². The molecule has 58 heavy (non-hydrogen) atoms. The van der Waals surface area contributed by atoms with Crippen molar-refractivity contribution in [1.82, 2.24) is 0 Å². The second kappa shape index (κ2) is 14.8. The summed E-state index contributed by atoms with van der Waals surface area (Å²) in [5.41, 5.74) is 15.0. The van der Waals surface area contributed by atoms with Gasteiger partial charge in [0, 0.05) is 49.4 Å². The molecule has 2 aliphatic rings. The van der Waals surface area contributed by atoms with Crippen molar-refractivity contribution in [2.24, 2.45) is 0 Å². The summed E-state index contributed by atoms with van der Waals surface area (Å²) < 4.78 is 6.40. The van der Waals surface area contributed by atoms with Crippen molar-refractivity contribution in [2.75, 3.05) is 9.80 Å². The molecule has 2 heterocycles. The number of anilines is 6. The zero-order chi connectivity index (χ0) is 38.4. The molecule has 0 saturated heterocycles. The van der Waals surface area contributed by atoms with E-state index in [0.29, 0.717) is 5.92 Å². The van der Waals surface area contributed by atoms with Gasteiger partial charge in [0.2, 0.25) is 0 Å². The second-order valence-electron chi connectivity index (χ2n) is 15.6. The van der Waals surface area contributed by atoms with E-state index in [1.165, 1.54) is 81.1 Å². The molecule has 1 saturated carbocycles. The zero-order valence-electron chi connectivity index (χ0n) is 32.2. The monoisotopic (exact) mass is 766 g/mol. The molecule has 0 N–H and O–H groups in total. The molecule has 1 fully saturated rings. The number of rotatable bonds is 7. The number of furan rings is 1. The summed E-state index contributed by atoms with van der Waals surface area (Å²) >= 11 is 1.84. The van der Waals surface area contributed by atoms with E-state index in [4.69, 9.17) is 4.42 Å². The highest BCUT2D eigenvalue weighted by atomic mass is 32.2. The van der Waals surface area contributed by atoms with Crippen molar-refractivity contribution in [1.29, 1.82) is 0 Å². The molecule has 4 heteroatoms. The van der Waals surface area contributed by atoms with Crippen LogP contribution in [-0.2, 0) is 0 Å². The first-order valence-corrected chi connectivity index (χ1v) is 21.3. The SMILES string of the molecule is c1ccc(N2c3ccccc3Sc3cc(-c4ccc(N(c5ccc(-c6cccc(C7CCCCC7)c6)cc5)c5ccc6c(c5)oc5ccccc56)cc4)ccc32)cc1. The maximum atomic E-state index is 6.40. The quantitative estimate of drug-likeness (QED) is 0.161. The van der Waals surface area contributed by atoms with Crippen LogP contribution in [0.2, 0.25) is 0 Å².